The molecule has 0 bridgehead atoms. The Balaban J connectivity index is 1.61. The summed E-state index contributed by atoms with van der Waals surface area (Å²) in [6.45, 7) is 2.98. The number of ether oxygens (including phenoxy) is 2. The molecule has 0 spiro atoms. The number of fused-ring (bicyclic) bond motifs is 2. The van der Waals surface area contributed by atoms with Gasteiger partial charge in [0.05, 0.1) is 18.3 Å². The van der Waals surface area contributed by atoms with Crippen LogP contribution in [0, 0.1) is 5.41 Å². The van der Waals surface area contributed by atoms with Crippen LogP contribution in [0.2, 0.25) is 0 Å². The Hall–Kier alpha value is -1.43. The van der Waals surface area contributed by atoms with E-state index in [0.717, 1.165) is 49.9 Å². The number of amides is 1. The molecule has 0 saturated carbocycles. The lowest BCUT2D eigenvalue weighted by Crippen LogP contribution is -2.58. The van der Waals surface area contributed by atoms with E-state index in [9.17, 15) is 4.79 Å². The van der Waals surface area contributed by atoms with E-state index in [1.807, 2.05) is 28.5 Å². The van der Waals surface area contributed by atoms with Crippen molar-refractivity contribution in [3.63, 3.8) is 0 Å². The van der Waals surface area contributed by atoms with E-state index in [-0.39, 0.29) is 17.4 Å². The van der Waals surface area contributed by atoms with Crippen molar-refractivity contribution >= 4 is 27.3 Å². The summed E-state index contributed by atoms with van der Waals surface area (Å²) < 4.78 is 12.7. The zero-order chi connectivity index (χ0) is 16.6. The molecule has 0 N–H and O–H groups in total. The van der Waals surface area contributed by atoms with Crippen molar-refractivity contribution in [3.05, 3.63) is 35.2 Å². The fourth-order valence-electron chi connectivity index (χ4n) is 4.28. The molecule has 0 radical (unpaired) electrons. The van der Waals surface area contributed by atoms with Gasteiger partial charge in [-0.05, 0) is 25.3 Å². The summed E-state index contributed by atoms with van der Waals surface area (Å²) in [5.74, 6) is 0.145. The van der Waals surface area contributed by atoms with Gasteiger partial charge in [0, 0.05) is 47.7 Å². The van der Waals surface area contributed by atoms with E-state index in [4.69, 9.17) is 9.47 Å². The number of carbonyl (C=O) groups is 1. The third kappa shape index (κ3) is 2.65. The van der Waals surface area contributed by atoms with Crippen LogP contribution in [0.1, 0.15) is 29.6 Å². The summed E-state index contributed by atoms with van der Waals surface area (Å²) in [7, 11) is 1.74. The van der Waals surface area contributed by atoms with Crippen LogP contribution < -0.4 is 0 Å². The normalized spacial score (nSPS) is 27.2. The van der Waals surface area contributed by atoms with Crippen LogP contribution in [0.3, 0.4) is 0 Å². The molecule has 2 aliphatic heterocycles. The van der Waals surface area contributed by atoms with Crippen molar-refractivity contribution in [3.8, 4) is 0 Å². The van der Waals surface area contributed by atoms with Gasteiger partial charge in [0.2, 0.25) is 0 Å². The molecule has 3 heterocycles. The number of piperidine rings is 1. The molecule has 0 unspecified atom stereocenters. The Morgan fingerprint density at radius 3 is 3.21 bits per heavy atom. The zero-order valence-electron chi connectivity index (χ0n) is 14.0. The monoisotopic (exact) mass is 345 g/mol. The number of likely N-dealkylation sites (tertiary alicyclic amines) is 1. The molecule has 4 nitrogen and oxygen atoms in total. The molecule has 2 fully saturated rings. The molecular weight excluding hydrogens is 322 g/mol. The third-order valence-electron chi connectivity index (χ3n) is 5.42. The smallest absolute Gasteiger partial charge is 0.255 e. The lowest BCUT2D eigenvalue weighted by molar-refractivity contribution is -0.142. The first kappa shape index (κ1) is 16.1. The second-order valence-corrected chi connectivity index (χ2v) is 7.83. The summed E-state index contributed by atoms with van der Waals surface area (Å²) >= 11 is 1.64. The summed E-state index contributed by atoms with van der Waals surface area (Å²) in [4.78, 5) is 15.2. The Kier molecular flexibility index (Phi) is 4.33. The Morgan fingerprint density at radius 2 is 2.33 bits per heavy atom. The van der Waals surface area contributed by atoms with E-state index in [2.05, 4.69) is 6.07 Å². The number of nitrogens with zero attached hydrogens (tertiary/aromatic N) is 1. The van der Waals surface area contributed by atoms with E-state index in [0.29, 0.717) is 6.61 Å². The largest absolute Gasteiger partial charge is 0.384 e. The molecular formula is C19H23NO3S. The van der Waals surface area contributed by atoms with Gasteiger partial charge < -0.3 is 14.4 Å². The van der Waals surface area contributed by atoms with Gasteiger partial charge in [-0.15, -0.1) is 11.3 Å². The van der Waals surface area contributed by atoms with Crippen molar-refractivity contribution in [2.24, 2.45) is 5.41 Å². The van der Waals surface area contributed by atoms with Gasteiger partial charge in [-0.25, -0.2) is 0 Å². The summed E-state index contributed by atoms with van der Waals surface area (Å²) in [5, 5.41) is 3.06. The number of hydrogen-bond donors (Lipinski definition) is 0. The van der Waals surface area contributed by atoms with Crippen LogP contribution in [-0.2, 0) is 9.47 Å². The summed E-state index contributed by atoms with van der Waals surface area (Å²) in [6, 6.07) is 8.13. The topological polar surface area (TPSA) is 38.8 Å². The fourth-order valence-corrected chi connectivity index (χ4v) is 5.21. The van der Waals surface area contributed by atoms with Crippen molar-refractivity contribution in [2.75, 3.05) is 33.4 Å². The van der Waals surface area contributed by atoms with Crippen molar-refractivity contribution < 1.29 is 14.3 Å². The molecule has 2 saturated heterocycles. The average molecular weight is 345 g/mol. The number of carbonyl (C=O) groups excluding carboxylic acids is 1. The number of methoxy groups -OCH3 is 1. The average Bonchev–Trinajstić information content (AvgIpc) is 3.05. The predicted octanol–water partition coefficient (Wildman–Crippen LogP) is 3.56. The van der Waals surface area contributed by atoms with Crippen molar-refractivity contribution in [1.29, 1.82) is 0 Å². The van der Waals surface area contributed by atoms with Gasteiger partial charge >= 0.3 is 0 Å². The minimum atomic E-state index is -0.0489. The van der Waals surface area contributed by atoms with Crippen LogP contribution in [0.25, 0.3) is 10.1 Å². The molecule has 4 rings (SSSR count). The highest BCUT2D eigenvalue weighted by molar-refractivity contribution is 7.17. The second-order valence-electron chi connectivity index (χ2n) is 6.92. The Labute approximate surface area is 146 Å². The number of benzene rings is 1. The molecule has 5 heteroatoms. The molecule has 24 heavy (non-hydrogen) atoms. The zero-order valence-corrected chi connectivity index (χ0v) is 14.8. The maximum Gasteiger partial charge on any atom is 0.255 e. The van der Waals surface area contributed by atoms with Crippen LogP contribution in [-0.4, -0.2) is 50.3 Å². The lowest BCUT2D eigenvalue weighted by Gasteiger charge is -2.50. The van der Waals surface area contributed by atoms with E-state index in [1.165, 1.54) is 4.70 Å². The SMILES string of the molecule is COC[C@]12CCCO[C@@H]1CCN(C(=O)c1csc3ccccc13)C2. The molecule has 1 aromatic heterocycles. The van der Waals surface area contributed by atoms with Crippen LogP contribution in [0.4, 0.5) is 0 Å². The number of hydrogen-bond acceptors (Lipinski definition) is 4. The highest BCUT2D eigenvalue weighted by atomic mass is 32.1. The Morgan fingerprint density at radius 1 is 1.46 bits per heavy atom. The highest BCUT2D eigenvalue weighted by Crippen LogP contribution is 2.41. The first-order valence-electron chi connectivity index (χ1n) is 8.59. The minimum Gasteiger partial charge on any atom is -0.384 e. The van der Waals surface area contributed by atoms with Gasteiger partial charge in [0.25, 0.3) is 5.91 Å². The highest BCUT2D eigenvalue weighted by Gasteiger charge is 2.47. The third-order valence-corrected chi connectivity index (χ3v) is 6.38. The second kappa shape index (κ2) is 6.47. The minimum absolute atomic E-state index is 0.0489. The van der Waals surface area contributed by atoms with Gasteiger partial charge in [0.15, 0.2) is 0 Å². The van der Waals surface area contributed by atoms with Crippen LogP contribution >= 0.6 is 11.3 Å². The molecule has 0 aliphatic carbocycles. The molecule has 2 aromatic rings. The summed E-state index contributed by atoms with van der Waals surface area (Å²) in [6.07, 6.45) is 3.23. The predicted molar refractivity (Wildman–Crippen MR) is 95.6 cm³/mol. The fraction of sp³-hybridized carbons (Fsp3) is 0.526. The molecule has 2 atom stereocenters. The first-order valence-corrected chi connectivity index (χ1v) is 9.47. The quantitative estimate of drug-likeness (QED) is 0.854. The maximum atomic E-state index is 13.1. The summed E-state index contributed by atoms with van der Waals surface area (Å²) in [5.41, 5.74) is 0.783. The van der Waals surface area contributed by atoms with Crippen molar-refractivity contribution in [2.45, 2.75) is 25.4 Å². The van der Waals surface area contributed by atoms with Crippen LogP contribution in [0.5, 0.6) is 0 Å². The van der Waals surface area contributed by atoms with Gasteiger partial charge in [-0.1, -0.05) is 18.2 Å². The van der Waals surface area contributed by atoms with Gasteiger partial charge in [-0.2, -0.15) is 0 Å². The van der Waals surface area contributed by atoms with E-state index < -0.39 is 0 Å². The Bertz CT molecular complexity index is 739. The standard InChI is InChI=1S/C19H23NO3S/c1-22-13-19-8-4-10-23-17(19)7-9-20(12-19)18(21)15-11-24-16-6-3-2-5-14(15)16/h2-3,5-6,11,17H,4,7-10,12-13H2,1H3/t17-,19-/m1/s1. The first-order chi connectivity index (χ1) is 11.7. The molecule has 1 aromatic carbocycles. The molecule has 1 amide bonds. The number of thiophene rings is 1. The number of rotatable bonds is 3. The maximum absolute atomic E-state index is 13.1. The molecule has 2 aliphatic rings. The lowest BCUT2D eigenvalue weighted by atomic mass is 9.73. The van der Waals surface area contributed by atoms with E-state index in [1.54, 1.807) is 18.4 Å². The van der Waals surface area contributed by atoms with Crippen LogP contribution in [0.15, 0.2) is 29.6 Å². The molecule has 128 valence electrons. The van der Waals surface area contributed by atoms with E-state index >= 15 is 0 Å². The van der Waals surface area contributed by atoms with Crippen molar-refractivity contribution in [1.82, 2.24) is 4.90 Å². The van der Waals surface area contributed by atoms with Gasteiger partial charge in [-0.3, -0.25) is 4.79 Å². The van der Waals surface area contributed by atoms with Gasteiger partial charge in [0.1, 0.15) is 0 Å².